The number of benzene rings is 4. The van der Waals surface area contributed by atoms with Crippen molar-refractivity contribution in [3.05, 3.63) is 66.7 Å². The summed E-state index contributed by atoms with van der Waals surface area (Å²) in [6.45, 7) is 0. The second-order valence-corrected chi connectivity index (χ2v) is 9.27. The molecule has 4 aromatic carbocycles. The van der Waals surface area contributed by atoms with E-state index >= 15 is 0 Å². The van der Waals surface area contributed by atoms with Gasteiger partial charge >= 0.3 is 0 Å². The third-order valence-corrected chi connectivity index (χ3v) is 6.60. The Kier molecular flexibility index (Phi) is 4.98. The molecule has 158 valence electrons. The lowest BCUT2D eigenvalue weighted by Crippen LogP contribution is -2.10. The van der Waals surface area contributed by atoms with Gasteiger partial charge in [-0.05, 0) is 11.5 Å². The normalized spacial score (nSPS) is 12.7. The van der Waals surface area contributed by atoms with Crippen molar-refractivity contribution in [3.8, 4) is 5.75 Å². The summed E-state index contributed by atoms with van der Waals surface area (Å²) in [5.74, 6) is -1.15. The maximum atomic E-state index is 11.9. The smallest absolute Gasteiger partial charge is 0.299 e. The van der Waals surface area contributed by atoms with Crippen LogP contribution in [-0.2, 0) is 20.2 Å². The molecule has 4 rings (SSSR count). The SMILES string of the molecule is O=S(=O)(O)c1c(O)c(N=Nc2cccc3ccccc23)c2ccccc2c1S(=O)(=O)O. The quantitative estimate of drug-likeness (QED) is 0.298. The molecule has 0 saturated carbocycles. The number of hydrogen-bond acceptors (Lipinski definition) is 7. The zero-order valence-corrected chi connectivity index (χ0v) is 17.2. The van der Waals surface area contributed by atoms with Crippen LogP contribution >= 0.6 is 0 Å². The standard InChI is InChI=1S/C20H14N2O7S2/c23-18-17(22-21-16-11-5-7-12-6-1-2-8-13(12)16)14-9-3-4-10-15(14)19(30(24,25)26)20(18)31(27,28)29/h1-11,23H,(H,24,25,26)(H,27,28,29). The van der Waals surface area contributed by atoms with Gasteiger partial charge in [0, 0.05) is 16.2 Å². The van der Waals surface area contributed by atoms with Crippen molar-refractivity contribution in [2.45, 2.75) is 9.79 Å². The van der Waals surface area contributed by atoms with E-state index in [1.54, 1.807) is 24.3 Å². The Morgan fingerprint density at radius 2 is 1.16 bits per heavy atom. The fourth-order valence-corrected chi connectivity index (χ4v) is 5.45. The molecule has 0 radical (unpaired) electrons. The van der Waals surface area contributed by atoms with Crippen LogP contribution in [0.3, 0.4) is 0 Å². The second kappa shape index (κ2) is 7.39. The summed E-state index contributed by atoms with van der Waals surface area (Å²) in [4.78, 5) is -2.52. The summed E-state index contributed by atoms with van der Waals surface area (Å²) >= 11 is 0. The third-order valence-electron chi connectivity index (χ3n) is 4.61. The number of azo groups is 1. The summed E-state index contributed by atoms with van der Waals surface area (Å²) in [6.07, 6.45) is 0. The van der Waals surface area contributed by atoms with E-state index in [0.717, 1.165) is 10.8 Å². The van der Waals surface area contributed by atoms with Crippen molar-refractivity contribution in [1.29, 1.82) is 0 Å². The van der Waals surface area contributed by atoms with Gasteiger partial charge < -0.3 is 5.11 Å². The van der Waals surface area contributed by atoms with E-state index in [2.05, 4.69) is 10.2 Å². The Morgan fingerprint density at radius 3 is 1.81 bits per heavy atom. The molecule has 3 N–H and O–H groups in total. The highest BCUT2D eigenvalue weighted by Crippen LogP contribution is 2.46. The molecular formula is C20H14N2O7S2. The Bertz CT molecular complexity index is 1590. The highest BCUT2D eigenvalue weighted by molar-refractivity contribution is 7.89. The van der Waals surface area contributed by atoms with Gasteiger partial charge in [-0.1, -0.05) is 60.7 Å². The van der Waals surface area contributed by atoms with Crippen molar-refractivity contribution in [3.63, 3.8) is 0 Å². The fraction of sp³-hybridized carbons (Fsp3) is 0. The summed E-state index contributed by atoms with van der Waals surface area (Å²) < 4.78 is 66.9. The Labute approximate surface area is 176 Å². The first-order valence-electron chi connectivity index (χ1n) is 8.71. The maximum Gasteiger partial charge on any atom is 0.299 e. The van der Waals surface area contributed by atoms with E-state index in [1.165, 1.54) is 24.3 Å². The molecule has 0 unspecified atom stereocenters. The number of phenolic OH excluding ortho intramolecular Hbond substituents is 1. The van der Waals surface area contributed by atoms with Crippen molar-refractivity contribution in [2.75, 3.05) is 0 Å². The molecule has 9 nitrogen and oxygen atoms in total. The molecule has 11 heteroatoms. The second-order valence-electron chi connectivity index (χ2n) is 6.55. The third kappa shape index (κ3) is 3.75. The van der Waals surface area contributed by atoms with Crippen molar-refractivity contribution in [1.82, 2.24) is 0 Å². The van der Waals surface area contributed by atoms with Crippen LogP contribution in [0.2, 0.25) is 0 Å². The van der Waals surface area contributed by atoms with Crippen LogP contribution in [-0.4, -0.2) is 31.0 Å². The summed E-state index contributed by atoms with van der Waals surface area (Å²) in [5, 5.41) is 20.0. The molecule has 0 bridgehead atoms. The van der Waals surface area contributed by atoms with Crippen LogP contribution in [0.4, 0.5) is 11.4 Å². The van der Waals surface area contributed by atoms with Gasteiger partial charge in [0.25, 0.3) is 20.2 Å². The van der Waals surface area contributed by atoms with Crippen LogP contribution in [0, 0.1) is 0 Å². The average Bonchev–Trinajstić information content (AvgIpc) is 2.70. The molecule has 0 aliphatic rings. The van der Waals surface area contributed by atoms with Crippen molar-refractivity contribution in [2.24, 2.45) is 10.2 Å². The molecule has 0 atom stereocenters. The van der Waals surface area contributed by atoms with Gasteiger partial charge in [-0.3, -0.25) is 9.11 Å². The zero-order valence-electron chi connectivity index (χ0n) is 15.5. The van der Waals surface area contributed by atoms with Crippen LogP contribution < -0.4 is 0 Å². The molecule has 0 aliphatic heterocycles. The van der Waals surface area contributed by atoms with Gasteiger partial charge in [-0.25, -0.2) is 0 Å². The van der Waals surface area contributed by atoms with Gasteiger partial charge in [-0.15, -0.1) is 10.2 Å². The molecule has 0 aliphatic carbocycles. The van der Waals surface area contributed by atoms with E-state index in [-0.39, 0.29) is 16.5 Å². The fourth-order valence-electron chi connectivity index (χ4n) is 3.35. The number of nitrogens with zero attached hydrogens (tertiary/aromatic N) is 2. The topological polar surface area (TPSA) is 154 Å². The minimum absolute atomic E-state index is 0.00371. The molecular weight excluding hydrogens is 444 g/mol. The minimum Gasteiger partial charge on any atom is -0.504 e. The number of rotatable bonds is 4. The largest absolute Gasteiger partial charge is 0.504 e. The van der Waals surface area contributed by atoms with Crippen LogP contribution in [0.5, 0.6) is 5.75 Å². The Hall–Kier alpha value is -3.38. The number of aromatic hydroxyl groups is 1. The molecule has 0 amide bonds. The van der Waals surface area contributed by atoms with E-state index in [1.807, 2.05) is 18.2 Å². The molecule has 31 heavy (non-hydrogen) atoms. The van der Waals surface area contributed by atoms with Crippen LogP contribution in [0.25, 0.3) is 21.5 Å². The van der Waals surface area contributed by atoms with E-state index in [9.17, 15) is 31.0 Å². The average molecular weight is 458 g/mol. The van der Waals surface area contributed by atoms with Crippen LogP contribution in [0.1, 0.15) is 0 Å². The summed E-state index contributed by atoms with van der Waals surface area (Å²) in [6, 6.07) is 18.0. The van der Waals surface area contributed by atoms with E-state index in [0.29, 0.717) is 5.69 Å². The maximum absolute atomic E-state index is 11.9. The van der Waals surface area contributed by atoms with Crippen molar-refractivity contribution >= 4 is 53.2 Å². The molecule has 0 saturated heterocycles. The molecule has 0 spiro atoms. The number of phenols is 1. The lowest BCUT2D eigenvalue weighted by atomic mass is 10.1. The zero-order chi connectivity index (χ0) is 22.4. The Morgan fingerprint density at radius 1 is 0.613 bits per heavy atom. The van der Waals surface area contributed by atoms with Gasteiger partial charge in [0.15, 0.2) is 10.6 Å². The van der Waals surface area contributed by atoms with Gasteiger partial charge in [0.05, 0.1) is 5.69 Å². The summed E-state index contributed by atoms with van der Waals surface area (Å²) in [7, 11) is -10.4. The van der Waals surface area contributed by atoms with Gasteiger partial charge in [0.2, 0.25) is 0 Å². The number of fused-ring (bicyclic) bond motifs is 2. The van der Waals surface area contributed by atoms with Gasteiger partial charge in [-0.2, -0.15) is 16.8 Å². The number of hydrogen-bond donors (Lipinski definition) is 3. The van der Waals surface area contributed by atoms with Gasteiger partial charge in [0.1, 0.15) is 10.6 Å². The first kappa shape index (κ1) is 20.9. The molecule has 0 aromatic heterocycles. The summed E-state index contributed by atoms with van der Waals surface area (Å²) in [5.41, 5.74) is 0.0254. The minimum atomic E-state index is -5.27. The van der Waals surface area contributed by atoms with E-state index in [4.69, 9.17) is 0 Å². The van der Waals surface area contributed by atoms with E-state index < -0.39 is 35.8 Å². The highest BCUT2D eigenvalue weighted by Gasteiger charge is 2.33. The van der Waals surface area contributed by atoms with Crippen molar-refractivity contribution < 1.29 is 31.0 Å². The highest BCUT2D eigenvalue weighted by atomic mass is 32.2. The molecule has 0 fully saturated rings. The first-order valence-corrected chi connectivity index (χ1v) is 11.6. The lowest BCUT2D eigenvalue weighted by molar-refractivity contribution is 0.433. The molecule has 0 heterocycles. The predicted octanol–water partition coefficient (Wildman–Crippen LogP) is 4.61. The Balaban J connectivity index is 2.08. The molecule has 4 aromatic rings. The monoisotopic (exact) mass is 458 g/mol. The first-order chi connectivity index (χ1) is 14.6. The lowest BCUT2D eigenvalue weighted by Gasteiger charge is -2.13. The predicted molar refractivity (Wildman–Crippen MR) is 113 cm³/mol. The van der Waals surface area contributed by atoms with Crippen LogP contribution in [0.15, 0.2) is 86.7 Å².